The van der Waals surface area contributed by atoms with Gasteiger partial charge < -0.3 is 20.7 Å². The standard InChI is InChI=1S/C27H21ClF5N3O3/c28-21-4-3-15(29)9-19(21)24-23-20(26(38)36-24)10-18(39-12-17-2-1-5-34-17)11-22(23)35-25(37)13-6-14(27(31,32)33)8-16(30)7-13/h3-4,6-11,17,24,34H,1-2,5,12H2,(H,35,37)(H,36,38)/t17-,24?/m0/s1. The first kappa shape index (κ1) is 26.9. The van der Waals surface area contributed by atoms with E-state index >= 15 is 0 Å². The topological polar surface area (TPSA) is 79.5 Å². The molecule has 2 amide bonds. The highest BCUT2D eigenvalue weighted by Crippen LogP contribution is 2.42. The van der Waals surface area contributed by atoms with Crippen molar-refractivity contribution in [3.8, 4) is 5.75 Å². The number of amides is 2. The van der Waals surface area contributed by atoms with Gasteiger partial charge in [0.1, 0.15) is 24.0 Å². The van der Waals surface area contributed by atoms with E-state index in [2.05, 4.69) is 16.0 Å². The summed E-state index contributed by atoms with van der Waals surface area (Å²) >= 11 is 6.29. The highest BCUT2D eigenvalue weighted by atomic mass is 35.5. The highest BCUT2D eigenvalue weighted by Gasteiger charge is 2.36. The number of ether oxygens (including phenoxy) is 1. The largest absolute Gasteiger partial charge is 0.492 e. The molecular formula is C27H21ClF5N3O3. The Bertz CT molecular complexity index is 1460. The molecule has 2 heterocycles. The van der Waals surface area contributed by atoms with Gasteiger partial charge in [-0.25, -0.2) is 8.78 Å². The molecule has 0 saturated carbocycles. The van der Waals surface area contributed by atoms with Gasteiger partial charge in [0, 0.05) is 33.8 Å². The smallest absolute Gasteiger partial charge is 0.416 e. The van der Waals surface area contributed by atoms with Crippen LogP contribution in [-0.2, 0) is 6.18 Å². The van der Waals surface area contributed by atoms with Crippen LogP contribution in [0.5, 0.6) is 5.75 Å². The normalized spacial score (nSPS) is 18.6. The van der Waals surface area contributed by atoms with Gasteiger partial charge in [0.2, 0.25) is 0 Å². The van der Waals surface area contributed by atoms with E-state index in [1.54, 1.807) is 0 Å². The number of nitrogens with one attached hydrogen (secondary N) is 3. The molecule has 204 valence electrons. The first-order valence-corrected chi connectivity index (χ1v) is 12.4. The van der Waals surface area contributed by atoms with Crippen LogP contribution in [0.1, 0.15) is 56.3 Å². The van der Waals surface area contributed by atoms with E-state index in [4.69, 9.17) is 16.3 Å². The van der Waals surface area contributed by atoms with Crippen molar-refractivity contribution in [1.82, 2.24) is 10.6 Å². The van der Waals surface area contributed by atoms with Gasteiger partial charge >= 0.3 is 6.18 Å². The Morgan fingerprint density at radius 2 is 1.87 bits per heavy atom. The molecule has 3 aromatic carbocycles. The molecule has 12 heteroatoms. The quantitative estimate of drug-likeness (QED) is 0.328. The molecule has 1 unspecified atom stereocenters. The maximum absolute atomic E-state index is 14.1. The minimum Gasteiger partial charge on any atom is -0.492 e. The van der Waals surface area contributed by atoms with Gasteiger partial charge in [0.15, 0.2) is 0 Å². The summed E-state index contributed by atoms with van der Waals surface area (Å²) in [5.41, 5.74) is -1.40. The molecule has 2 aliphatic heterocycles. The lowest BCUT2D eigenvalue weighted by Gasteiger charge is -2.20. The molecule has 2 aliphatic rings. The minimum absolute atomic E-state index is 0.00776. The predicted molar refractivity (Wildman–Crippen MR) is 133 cm³/mol. The van der Waals surface area contributed by atoms with Crippen molar-refractivity contribution in [2.75, 3.05) is 18.5 Å². The molecular weight excluding hydrogens is 545 g/mol. The van der Waals surface area contributed by atoms with Crippen LogP contribution in [-0.4, -0.2) is 31.0 Å². The van der Waals surface area contributed by atoms with Crippen LogP contribution < -0.4 is 20.7 Å². The van der Waals surface area contributed by atoms with E-state index in [1.165, 1.54) is 18.2 Å². The third-order valence-electron chi connectivity index (χ3n) is 6.58. The Labute approximate surface area is 224 Å². The molecule has 1 fully saturated rings. The summed E-state index contributed by atoms with van der Waals surface area (Å²) in [6.45, 7) is 1.11. The molecule has 0 spiro atoms. The summed E-state index contributed by atoms with van der Waals surface area (Å²) < 4.78 is 73.6. The summed E-state index contributed by atoms with van der Waals surface area (Å²) in [5, 5.41) is 8.60. The summed E-state index contributed by atoms with van der Waals surface area (Å²) in [6, 6.07) is 7.02. The number of hydrogen-bond donors (Lipinski definition) is 3. The lowest BCUT2D eigenvalue weighted by Crippen LogP contribution is -2.28. The fourth-order valence-corrected chi connectivity index (χ4v) is 4.96. The van der Waals surface area contributed by atoms with Gasteiger partial charge in [0.25, 0.3) is 11.8 Å². The van der Waals surface area contributed by atoms with E-state index in [-0.39, 0.29) is 51.9 Å². The minimum atomic E-state index is -4.88. The number of hydrogen-bond acceptors (Lipinski definition) is 4. The van der Waals surface area contributed by atoms with Crippen LogP contribution in [0.15, 0.2) is 48.5 Å². The number of alkyl halides is 3. The Morgan fingerprint density at radius 1 is 1.08 bits per heavy atom. The molecule has 0 aliphatic carbocycles. The van der Waals surface area contributed by atoms with E-state index in [0.717, 1.165) is 31.5 Å². The van der Waals surface area contributed by atoms with Gasteiger partial charge in [0.05, 0.1) is 22.9 Å². The third-order valence-corrected chi connectivity index (χ3v) is 6.92. The molecule has 3 aromatic rings. The molecule has 5 rings (SSSR count). The highest BCUT2D eigenvalue weighted by molar-refractivity contribution is 6.31. The molecule has 0 radical (unpaired) electrons. The van der Waals surface area contributed by atoms with Gasteiger partial charge in [-0.2, -0.15) is 13.2 Å². The van der Waals surface area contributed by atoms with E-state index in [1.807, 2.05) is 0 Å². The van der Waals surface area contributed by atoms with E-state index in [9.17, 15) is 31.5 Å². The average Bonchev–Trinajstić information content (AvgIpc) is 3.51. The summed E-state index contributed by atoms with van der Waals surface area (Å²) in [6.07, 6.45) is -3.02. The Hall–Kier alpha value is -3.70. The van der Waals surface area contributed by atoms with Crippen LogP contribution >= 0.6 is 11.6 Å². The van der Waals surface area contributed by atoms with Crippen molar-refractivity contribution >= 4 is 29.1 Å². The number of fused-ring (bicyclic) bond motifs is 1. The van der Waals surface area contributed by atoms with Crippen LogP contribution in [0.4, 0.5) is 27.6 Å². The van der Waals surface area contributed by atoms with Crippen molar-refractivity contribution in [1.29, 1.82) is 0 Å². The maximum atomic E-state index is 14.1. The zero-order valence-electron chi connectivity index (χ0n) is 20.1. The SMILES string of the molecule is O=C(Nc1cc(OC[C@@H]2CCCN2)cc2c1C(c1cc(F)ccc1Cl)NC2=O)c1cc(F)cc(C(F)(F)F)c1. The van der Waals surface area contributed by atoms with Gasteiger partial charge in [-0.05, 0) is 61.9 Å². The molecule has 6 nitrogen and oxygen atoms in total. The van der Waals surface area contributed by atoms with Gasteiger partial charge in [-0.15, -0.1) is 0 Å². The van der Waals surface area contributed by atoms with E-state index < -0.39 is 46.8 Å². The summed E-state index contributed by atoms with van der Waals surface area (Å²) in [7, 11) is 0. The number of carbonyl (C=O) groups excluding carboxylic acids is 2. The third kappa shape index (κ3) is 5.69. The fourth-order valence-electron chi connectivity index (χ4n) is 4.74. The fraction of sp³-hybridized carbons (Fsp3) is 0.259. The van der Waals surface area contributed by atoms with Crippen molar-refractivity contribution in [2.24, 2.45) is 0 Å². The molecule has 39 heavy (non-hydrogen) atoms. The maximum Gasteiger partial charge on any atom is 0.416 e. The van der Waals surface area contributed by atoms with Crippen LogP contribution in [0.3, 0.4) is 0 Å². The average molecular weight is 566 g/mol. The number of halogens is 6. The Morgan fingerprint density at radius 3 is 2.59 bits per heavy atom. The van der Waals surface area contributed by atoms with Gasteiger partial charge in [-0.1, -0.05) is 11.6 Å². The molecule has 1 saturated heterocycles. The zero-order valence-corrected chi connectivity index (χ0v) is 20.9. The number of carbonyl (C=O) groups is 2. The van der Waals surface area contributed by atoms with E-state index in [0.29, 0.717) is 12.1 Å². The number of benzene rings is 3. The lowest BCUT2D eigenvalue weighted by molar-refractivity contribution is -0.137. The lowest BCUT2D eigenvalue weighted by atomic mass is 9.95. The van der Waals surface area contributed by atoms with Crippen LogP contribution in [0.25, 0.3) is 0 Å². The van der Waals surface area contributed by atoms with Crippen molar-refractivity contribution < 1.29 is 36.3 Å². The number of rotatable bonds is 6. The van der Waals surface area contributed by atoms with Gasteiger partial charge in [-0.3, -0.25) is 9.59 Å². The van der Waals surface area contributed by atoms with Crippen molar-refractivity contribution in [2.45, 2.75) is 31.1 Å². The second kappa shape index (κ2) is 10.5. The Kier molecular flexibility index (Phi) is 7.21. The molecule has 3 N–H and O–H groups in total. The Balaban J connectivity index is 1.56. The van der Waals surface area contributed by atoms with Crippen molar-refractivity contribution in [3.63, 3.8) is 0 Å². The second-order valence-corrected chi connectivity index (χ2v) is 9.70. The van der Waals surface area contributed by atoms with Crippen LogP contribution in [0.2, 0.25) is 5.02 Å². The monoisotopic (exact) mass is 565 g/mol. The predicted octanol–water partition coefficient (Wildman–Crippen LogP) is 5.85. The molecule has 0 bridgehead atoms. The number of anilines is 1. The summed E-state index contributed by atoms with van der Waals surface area (Å²) in [4.78, 5) is 26.0. The van der Waals surface area contributed by atoms with Crippen LogP contribution in [0, 0.1) is 11.6 Å². The van der Waals surface area contributed by atoms with Crippen molar-refractivity contribution in [3.05, 3.63) is 93.0 Å². The second-order valence-electron chi connectivity index (χ2n) is 9.29. The first-order valence-electron chi connectivity index (χ1n) is 12.0. The molecule has 2 atom stereocenters. The zero-order chi connectivity index (χ0) is 27.9. The first-order chi connectivity index (χ1) is 18.5. The summed E-state index contributed by atoms with van der Waals surface area (Å²) in [5.74, 6) is -3.26. The molecule has 0 aromatic heterocycles.